The molecule has 94 valence electrons. The summed E-state index contributed by atoms with van der Waals surface area (Å²) in [5.74, 6) is 0.913. The zero-order chi connectivity index (χ0) is 12.7. The fourth-order valence-corrected chi connectivity index (χ4v) is 2.58. The number of fused-ring (bicyclic) bond motifs is 1. The Labute approximate surface area is 106 Å². The van der Waals surface area contributed by atoms with Crippen molar-refractivity contribution < 1.29 is 4.52 Å². The van der Waals surface area contributed by atoms with Crippen molar-refractivity contribution in [3.63, 3.8) is 0 Å². The van der Waals surface area contributed by atoms with Crippen LogP contribution < -0.4 is 5.73 Å². The highest BCUT2D eigenvalue weighted by atomic mass is 16.5. The summed E-state index contributed by atoms with van der Waals surface area (Å²) in [5.41, 5.74) is 11.7. The molecule has 0 saturated carbocycles. The molecule has 2 heterocycles. The predicted molar refractivity (Wildman–Crippen MR) is 69.8 cm³/mol. The first-order chi connectivity index (χ1) is 8.65. The number of nitrogen functional groups attached to an aromatic ring is 1. The molecule has 0 amide bonds. The number of aryl methyl sites for hydroxylation is 2. The largest absolute Gasteiger partial charge is 0.398 e. The molecule has 0 bridgehead atoms. The molecule has 1 aliphatic heterocycles. The molecule has 0 fully saturated rings. The van der Waals surface area contributed by atoms with E-state index in [2.05, 4.69) is 16.1 Å². The fourth-order valence-electron chi connectivity index (χ4n) is 2.58. The first kappa shape index (κ1) is 11.3. The second kappa shape index (κ2) is 4.14. The van der Waals surface area contributed by atoms with Crippen molar-refractivity contribution >= 4 is 5.69 Å². The number of rotatable bonds is 2. The summed E-state index contributed by atoms with van der Waals surface area (Å²) in [5, 5.41) is 4.00. The standard InChI is InChI=1S/C14H17N3O/c1-9-12(10(2)18-16-9)7-17-6-11-4-3-5-14(15)13(11)8-17/h3-5H,6-8,15H2,1-2H3. The SMILES string of the molecule is Cc1noc(C)c1CN1Cc2cccc(N)c2C1. The van der Waals surface area contributed by atoms with Crippen molar-refractivity contribution in [3.8, 4) is 0 Å². The minimum atomic E-state index is 0.870. The Bertz CT molecular complexity index is 569. The van der Waals surface area contributed by atoms with Gasteiger partial charge in [0, 0.05) is 30.9 Å². The molecular weight excluding hydrogens is 226 g/mol. The van der Waals surface area contributed by atoms with E-state index in [1.807, 2.05) is 26.0 Å². The molecule has 18 heavy (non-hydrogen) atoms. The number of benzene rings is 1. The normalized spacial score (nSPS) is 15.0. The highest BCUT2D eigenvalue weighted by molar-refractivity contribution is 5.52. The molecule has 0 saturated heterocycles. The lowest BCUT2D eigenvalue weighted by atomic mass is 10.1. The van der Waals surface area contributed by atoms with Gasteiger partial charge >= 0.3 is 0 Å². The van der Waals surface area contributed by atoms with E-state index in [4.69, 9.17) is 10.3 Å². The number of nitrogens with zero attached hydrogens (tertiary/aromatic N) is 2. The van der Waals surface area contributed by atoms with E-state index < -0.39 is 0 Å². The Balaban J connectivity index is 1.81. The van der Waals surface area contributed by atoms with Crippen LogP contribution in [-0.2, 0) is 19.6 Å². The third kappa shape index (κ3) is 1.78. The lowest BCUT2D eigenvalue weighted by Gasteiger charge is -2.14. The number of anilines is 1. The third-order valence-corrected chi connectivity index (χ3v) is 3.65. The van der Waals surface area contributed by atoms with E-state index in [9.17, 15) is 0 Å². The van der Waals surface area contributed by atoms with E-state index in [-0.39, 0.29) is 0 Å². The van der Waals surface area contributed by atoms with Gasteiger partial charge in [0.1, 0.15) is 5.76 Å². The van der Waals surface area contributed by atoms with Gasteiger partial charge in [-0.05, 0) is 31.0 Å². The van der Waals surface area contributed by atoms with Gasteiger partial charge in [0.05, 0.1) is 5.69 Å². The molecular formula is C14H17N3O. The molecule has 0 radical (unpaired) electrons. The molecule has 1 aromatic carbocycles. The predicted octanol–water partition coefficient (Wildman–Crippen LogP) is 2.39. The molecule has 0 spiro atoms. The summed E-state index contributed by atoms with van der Waals surface area (Å²) in [7, 11) is 0. The van der Waals surface area contributed by atoms with Crippen LogP contribution in [0.4, 0.5) is 5.69 Å². The maximum atomic E-state index is 6.01. The van der Waals surface area contributed by atoms with Gasteiger partial charge in [0.25, 0.3) is 0 Å². The molecule has 0 atom stereocenters. The minimum Gasteiger partial charge on any atom is -0.398 e. The second-order valence-electron chi connectivity index (χ2n) is 4.93. The Morgan fingerprint density at radius 2 is 2.17 bits per heavy atom. The van der Waals surface area contributed by atoms with Gasteiger partial charge in [-0.3, -0.25) is 4.90 Å². The van der Waals surface area contributed by atoms with Gasteiger partial charge in [0.2, 0.25) is 0 Å². The quantitative estimate of drug-likeness (QED) is 0.823. The van der Waals surface area contributed by atoms with Crippen molar-refractivity contribution in [1.29, 1.82) is 0 Å². The Hall–Kier alpha value is -1.81. The number of aromatic nitrogens is 1. The van der Waals surface area contributed by atoms with Gasteiger partial charge in [-0.15, -0.1) is 0 Å². The molecule has 2 N–H and O–H groups in total. The molecule has 1 aromatic heterocycles. The van der Waals surface area contributed by atoms with Gasteiger partial charge < -0.3 is 10.3 Å². The Morgan fingerprint density at radius 3 is 2.83 bits per heavy atom. The number of hydrogen-bond donors (Lipinski definition) is 1. The van der Waals surface area contributed by atoms with Crippen LogP contribution in [-0.4, -0.2) is 10.1 Å². The molecule has 0 unspecified atom stereocenters. The van der Waals surface area contributed by atoms with Gasteiger partial charge in [-0.1, -0.05) is 17.3 Å². The molecule has 2 aromatic rings. The molecule has 1 aliphatic rings. The average molecular weight is 243 g/mol. The van der Waals surface area contributed by atoms with Crippen LogP contribution in [0.1, 0.15) is 28.1 Å². The van der Waals surface area contributed by atoms with Crippen LogP contribution in [0.3, 0.4) is 0 Å². The Morgan fingerprint density at radius 1 is 1.33 bits per heavy atom. The smallest absolute Gasteiger partial charge is 0.138 e. The molecule has 3 rings (SSSR count). The van der Waals surface area contributed by atoms with Crippen molar-refractivity contribution in [2.45, 2.75) is 33.5 Å². The summed E-state index contributed by atoms with van der Waals surface area (Å²) in [4.78, 5) is 2.37. The van der Waals surface area contributed by atoms with Gasteiger partial charge in [-0.25, -0.2) is 0 Å². The average Bonchev–Trinajstić information content (AvgIpc) is 2.89. The van der Waals surface area contributed by atoms with Crippen molar-refractivity contribution in [2.24, 2.45) is 0 Å². The van der Waals surface area contributed by atoms with Crippen LogP contribution in [0, 0.1) is 13.8 Å². The zero-order valence-electron chi connectivity index (χ0n) is 10.7. The minimum absolute atomic E-state index is 0.870. The molecule has 0 aliphatic carbocycles. The maximum Gasteiger partial charge on any atom is 0.138 e. The summed E-state index contributed by atoms with van der Waals surface area (Å²) in [6.45, 7) is 6.68. The summed E-state index contributed by atoms with van der Waals surface area (Å²) in [6, 6.07) is 6.14. The maximum absolute atomic E-state index is 6.01. The number of nitrogens with two attached hydrogens (primary N) is 1. The zero-order valence-corrected chi connectivity index (χ0v) is 10.7. The van der Waals surface area contributed by atoms with Gasteiger partial charge in [-0.2, -0.15) is 0 Å². The van der Waals surface area contributed by atoms with E-state index >= 15 is 0 Å². The highest BCUT2D eigenvalue weighted by Crippen LogP contribution is 2.29. The first-order valence-electron chi connectivity index (χ1n) is 6.15. The van der Waals surface area contributed by atoms with Gasteiger partial charge in [0.15, 0.2) is 0 Å². The first-order valence-corrected chi connectivity index (χ1v) is 6.15. The molecule has 4 nitrogen and oxygen atoms in total. The number of hydrogen-bond acceptors (Lipinski definition) is 4. The summed E-state index contributed by atoms with van der Waals surface area (Å²) < 4.78 is 5.21. The van der Waals surface area contributed by atoms with Crippen LogP contribution in [0.2, 0.25) is 0 Å². The van der Waals surface area contributed by atoms with E-state index in [0.29, 0.717) is 0 Å². The van der Waals surface area contributed by atoms with Crippen molar-refractivity contribution in [2.75, 3.05) is 5.73 Å². The second-order valence-corrected chi connectivity index (χ2v) is 4.93. The van der Waals surface area contributed by atoms with Crippen molar-refractivity contribution in [3.05, 3.63) is 46.3 Å². The van der Waals surface area contributed by atoms with E-state index in [0.717, 1.165) is 36.8 Å². The van der Waals surface area contributed by atoms with Crippen LogP contribution in [0.15, 0.2) is 22.7 Å². The topological polar surface area (TPSA) is 55.3 Å². The fraction of sp³-hybridized carbons (Fsp3) is 0.357. The van der Waals surface area contributed by atoms with E-state index in [1.165, 1.54) is 16.7 Å². The highest BCUT2D eigenvalue weighted by Gasteiger charge is 2.22. The lowest BCUT2D eigenvalue weighted by Crippen LogP contribution is -2.16. The van der Waals surface area contributed by atoms with Crippen LogP contribution in [0.5, 0.6) is 0 Å². The van der Waals surface area contributed by atoms with Crippen LogP contribution >= 0.6 is 0 Å². The monoisotopic (exact) mass is 243 g/mol. The summed E-state index contributed by atoms with van der Waals surface area (Å²) in [6.07, 6.45) is 0. The molecule has 4 heteroatoms. The third-order valence-electron chi connectivity index (χ3n) is 3.65. The van der Waals surface area contributed by atoms with E-state index in [1.54, 1.807) is 0 Å². The Kier molecular flexibility index (Phi) is 2.59. The van der Waals surface area contributed by atoms with Crippen molar-refractivity contribution in [1.82, 2.24) is 10.1 Å². The lowest BCUT2D eigenvalue weighted by molar-refractivity contribution is 0.273. The summed E-state index contributed by atoms with van der Waals surface area (Å²) >= 11 is 0. The van der Waals surface area contributed by atoms with Crippen LogP contribution in [0.25, 0.3) is 0 Å².